The molecule has 0 amide bonds. The smallest absolute Gasteiger partial charge is 0.175 e. The van der Waals surface area contributed by atoms with Crippen LogP contribution in [0, 0.1) is 27.7 Å². The Kier molecular flexibility index (Phi) is 4.09. The van der Waals surface area contributed by atoms with E-state index in [-0.39, 0.29) is 0 Å². The van der Waals surface area contributed by atoms with E-state index in [1.54, 1.807) is 0 Å². The Labute approximate surface area is 125 Å². The van der Waals surface area contributed by atoms with Crippen molar-refractivity contribution in [2.75, 3.05) is 10.6 Å². The number of rotatable bonds is 2. The number of thiocarbonyl (C=S) groups is 1. The van der Waals surface area contributed by atoms with Gasteiger partial charge in [-0.05, 0) is 63.2 Å². The molecule has 0 saturated heterocycles. The molecule has 0 atom stereocenters. The molecule has 0 aliphatic heterocycles. The van der Waals surface area contributed by atoms with Gasteiger partial charge in [0, 0.05) is 12.7 Å². The van der Waals surface area contributed by atoms with Crippen LogP contribution in [0.1, 0.15) is 22.5 Å². The summed E-state index contributed by atoms with van der Waals surface area (Å²) in [7, 11) is 1.92. The van der Waals surface area contributed by atoms with Gasteiger partial charge in [-0.25, -0.2) is 0 Å². The van der Waals surface area contributed by atoms with E-state index in [1.165, 1.54) is 11.1 Å². The molecule has 0 unspecified atom stereocenters. The van der Waals surface area contributed by atoms with Crippen molar-refractivity contribution in [3.63, 3.8) is 0 Å². The summed E-state index contributed by atoms with van der Waals surface area (Å²) in [6.07, 6.45) is 0. The summed E-state index contributed by atoms with van der Waals surface area (Å²) < 4.78 is 1.84. The van der Waals surface area contributed by atoms with Crippen LogP contribution < -0.4 is 10.6 Å². The minimum atomic E-state index is 0.576. The quantitative estimate of drug-likeness (QED) is 0.830. The van der Waals surface area contributed by atoms with Crippen molar-refractivity contribution in [2.45, 2.75) is 27.7 Å². The number of anilines is 2. The number of hydrogen-bond acceptors (Lipinski definition) is 2. The first-order chi connectivity index (χ1) is 9.38. The number of hydrogen-bond donors (Lipinski definition) is 2. The molecule has 0 radical (unpaired) electrons. The first-order valence-corrected chi connectivity index (χ1v) is 6.94. The predicted molar refractivity (Wildman–Crippen MR) is 88.4 cm³/mol. The van der Waals surface area contributed by atoms with Crippen LogP contribution in [0.2, 0.25) is 0 Å². The third-order valence-corrected chi connectivity index (χ3v) is 3.72. The van der Waals surface area contributed by atoms with E-state index in [0.717, 1.165) is 22.8 Å². The number of benzene rings is 1. The Balaban J connectivity index is 2.11. The zero-order valence-corrected chi connectivity index (χ0v) is 13.4. The summed E-state index contributed by atoms with van der Waals surface area (Å²) >= 11 is 5.36. The molecule has 0 bridgehead atoms. The van der Waals surface area contributed by atoms with Gasteiger partial charge in [0.05, 0.1) is 17.1 Å². The molecule has 0 saturated carbocycles. The van der Waals surface area contributed by atoms with Crippen LogP contribution in [0.15, 0.2) is 18.2 Å². The largest absolute Gasteiger partial charge is 0.332 e. The molecule has 0 aliphatic carbocycles. The Hall–Kier alpha value is -1.88. The number of aromatic nitrogens is 2. The van der Waals surface area contributed by atoms with Gasteiger partial charge in [0.2, 0.25) is 0 Å². The molecule has 1 aromatic carbocycles. The van der Waals surface area contributed by atoms with E-state index in [4.69, 9.17) is 12.2 Å². The van der Waals surface area contributed by atoms with E-state index < -0.39 is 0 Å². The minimum absolute atomic E-state index is 0.576. The van der Waals surface area contributed by atoms with Crippen LogP contribution in [0.25, 0.3) is 0 Å². The molecule has 1 aromatic heterocycles. The van der Waals surface area contributed by atoms with Crippen molar-refractivity contribution in [1.82, 2.24) is 9.78 Å². The second-order valence-electron chi connectivity index (χ2n) is 5.05. The standard InChI is InChI=1S/C15H20N4S/c1-9-6-7-13(8-10(9)2)16-15(20)17-14-11(3)18-19(5)12(14)4/h6-8H,1-5H3,(H2,16,17,20). The summed E-state index contributed by atoms with van der Waals surface area (Å²) in [5, 5.41) is 11.4. The summed E-state index contributed by atoms with van der Waals surface area (Å²) in [5.41, 5.74) is 6.47. The van der Waals surface area contributed by atoms with Gasteiger partial charge in [-0.15, -0.1) is 0 Å². The Bertz CT molecular complexity index is 658. The monoisotopic (exact) mass is 288 g/mol. The highest BCUT2D eigenvalue weighted by atomic mass is 32.1. The van der Waals surface area contributed by atoms with Gasteiger partial charge in [0.15, 0.2) is 5.11 Å². The van der Waals surface area contributed by atoms with Crippen LogP contribution in [0.5, 0.6) is 0 Å². The fourth-order valence-electron chi connectivity index (χ4n) is 2.05. The molecule has 4 nitrogen and oxygen atoms in total. The third kappa shape index (κ3) is 2.99. The first-order valence-electron chi connectivity index (χ1n) is 6.54. The van der Waals surface area contributed by atoms with Gasteiger partial charge >= 0.3 is 0 Å². The molecule has 2 N–H and O–H groups in total. The van der Waals surface area contributed by atoms with Crippen LogP contribution in [-0.2, 0) is 7.05 Å². The summed E-state index contributed by atoms with van der Waals surface area (Å²) in [6, 6.07) is 6.20. The normalized spacial score (nSPS) is 10.4. The maximum atomic E-state index is 5.36. The number of aryl methyl sites for hydroxylation is 4. The molecular formula is C15H20N4S. The van der Waals surface area contributed by atoms with Crippen LogP contribution in [0.4, 0.5) is 11.4 Å². The lowest BCUT2D eigenvalue weighted by Gasteiger charge is -2.12. The summed E-state index contributed by atoms with van der Waals surface area (Å²) in [5.74, 6) is 0. The highest BCUT2D eigenvalue weighted by Crippen LogP contribution is 2.19. The second kappa shape index (κ2) is 5.63. The molecule has 20 heavy (non-hydrogen) atoms. The van der Waals surface area contributed by atoms with E-state index >= 15 is 0 Å². The molecule has 2 aromatic rings. The fourth-order valence-corrected chi connectivity index (χ4v) is 2.27. The van der Waals surface area contributed by atoms with E-state index in [9.17, 15) is 0 Å². The topological polar surface area (TPSA) is 41.9 Å². The average molecular weight is 288 g/mol. The van der Waals surface area contributed by atoms with E-state index in [1.807, 2.05) is 31.6 Å². The highest BCUT2D eigenvalue weighted by molar-refractivity contribution is 7.80. The average Bonchev–Trinajstić information content (AvgIpc) is 2.61. The van der Waals surface area contributed by atoms with Crippen molar-refractivity contribution >= 4 is 28.7 Å². The van der Waals surface area contributed by atoms with Gasteiger partial charge < -0.3 is 10.6 Å². The third-order valence-electron chi connectivity index (χ3n) is 3.51. The molecule has 0 aliphatic rings. The van der Waals surface area contributed by atoms with Crippen molar-refractivity contribution in [2.24, 2.45) is 7.05 Å². The van der Waals surface area contributed by atoms with Gasteiger partial charge in [0.25, 0.3) is 0 Å². The Morgan fingerprint density at radius 3 is 2.35 bits per heavy atom. The zero-order valence-electron chi connectivity index (χ0n) is 12.5. The Morgan fingerprint density at radius 1 is 1.10 bits per heavy atom. The van der Waals surface area contributed by atoms with Crippen molar-refractivity contribution in [3.8, 4) is 0 Å². The SMILES string of the molecule is Cc1ccc(NC(=S)Nc2c(C)nn(C)c2C)cc1C. The van der Waals surface area contributed by atoms with Crippen molar-refractivity contribution in [1.29, 1.82) is 0 Å². The van der Waals surface area contributed by atoms with Gasteiger partial charge in [-0.2, -0.15) is 5.10 Å². The van der Waals surface area contributed by atoms with Crippen molar-refractivity contribution in [3.05, 3.63) is 40.7 Å². The molecule has 106 valence electrons. The number of nitrogens with one attached hydrogen (secondary N) is 2. The lowest BCUT2D eigenvalue weighted by molar-refractivity contribution is 0.731. The van der Waals surface area contributed by atoms with E-state index in [2.05, 4.69) is 41.7 Å². The lowest BCUT2D eigenvalue weighted by atomic mass is 10.1. The van der Waals surface area contributed by atoms with Gasteiger partial charge in [0.1, 0.15) is 0 Å². The summed E-state index contributed by atoms with van der Waals surface area (Å²) in [4.78, 5) is 0. The van der Waals surface area contributed by atoms with Gasteiger partial charge in [-0.1, -0.05) is 6.07 Å². The predicted octanol–water partition coefficient (Wildman–Crippen LogP) is 3.46. The highest BCUT2D eigenvalue weighted by Gasteiger charge is 2.10. The molecule has 5 heteroatoms. The number of nitrogens with zero attached hydrogens (tertiary/aromatic N) is 2. The Morgan fingerprint density at radius 2 is 1.80 bits per heavy atom. The maximum absolute atomic E-state index is 5.36. The molecule has 0 fully saturated rings. The molecule has 0 spiro atoms. The lowest BCUT2D eigenvalue weighted by Crippen LogP contribution is -2.20. The fraction of sp³-hybridized carbons (Fsp3) is 0.333. The molecule has 1 heterocycles. The van der Waals surface area contributed by atoms with Crippen molar-refractivity contribution < 1.29 is 0 Å². The molecular weight excluding hydrogens is 268 g/mol. The van der Waals surface area contributed by atoms with Crippen LogP contribution >= 0.6 is 12.2 Å². The maximum Gasteiger partial charge on any atom is 0.175 e. The first kappa shape index (κ1) is 14.5. The zero-order chi connectivity index (χ0) is 14.9. The van der Waals surface area contributed by atoms with Gasteiger partial charge in [-0.3, -0.25) is 4.68 Å². The summed E-state index contributed by atoms with van der Waals surface area (Å²) in [6.45, 7) is 8.17. The minimum Gasteiger partial charge on any atom is -0.332 e. The van der Waals surface area contributed by atoms with E-state index in [0.29, 0.717) is 5.11 Å². The second-order valence-corrected chi connectivity index (χ2v) is 5.46. The van der Waals surface area contributed by atoms with Crippen LogP contribution in [-0.4, -0.2) is 14.9 Å². The van der Waals surface area contributed by atoms with Crippen LogP contribution in [0.3, 0.4) is 0 Å². The molecule has 2 rings (SSSR count).